The molecule has 0 bridgehead atoms. The molecule has 0 spiro atoms. The summed E-state index contributed by atoms with van der Waals surface area (Å²) in [5.41, 5.74) is 1.59. The Labute approximate surface area is 176 Å². The summed E-state index contributed by atoms with van der Waals surface area (Å²) in [6.45, 7) is 4.42. The Kier molecular flexibility index (Phi) is 5.78. The fourth-order valence-corrected chi connectivity index (χ4v) is 5.36. The molecule has 7 nitrogen and oxygen atoms in total. The van der Waals surface area contributed by atoms with Crippen molar-refractivity contribution < 1.29 is 17.9 Å². The van der Waals surface area contributed by atoms with E-state index in [9.17, 15) is 8.42 Å². The number of methoxy groups -OCH3 is 1. The molecular formula is C22H25N3O4S. The van der Waals surface area contributed by atoms with Gasteiger partial charge >= 0.3 is 0 Å². The van der Waals surface area contributed by atoms with Crippen molar-refractivity contribution in [3.63, 3.8) is 0 Å². The average Bonchev–Trinajstić information content (AvgIpc) is 2.79. The van der Waals surface area contributed by atoms with Crippen LogP contribution in [0.1, 0.15) is 6.92 Å². The van der Waals surface area contributed by atoms with Gasteiger partial charge in [0.25, 0.3) is 0 Å². The highest BCUT2D eigenvalue weighted by Gasteiger charge is 2.30. The zero-order valence-electron chi connectivity index (χ0n) is 17.1. The van der Waals surface area contributed by atoms with Crippen LogP contribution < -0.4 is 14.4 Å². The number of nitrogens with zero attached hydrogens (tertiary/aromatic N) is 3. The van der Waals surface area contributed by atoms with Crippen molar-refractivity contribution >= 4 is 26.6 Å². The first-order valence-corrected chi connectivity index (χ1v) is 11.4. The lowest BCUT2D eigenvalue weighted by molar-refractivity contribution is 0.343. The third kappa shape index (κ3) is 3.80. The molecule has 4 rings (SSSR count). The Morgan fingerprint density at radius 2 is 1.83 bits per heavy atom. The van der Waals surface area contributed by atoms with Crippen LogP contribution in [0.25, 0.3) is 10.9 Å². The highest BCUT2D eigenvalue weighted by Crippen LogP contribution is 2.32. The number of pyridine rings is 1. The number of hydrogen-bond donors (Lipinski definition) is 0. The minimum absolute atomic E-state index is 0.267. The summed E-state index contributed by atoms with van der Waals surface area (Å²) in [4.78, 5) is 6.80. The number of aromatic nitrogens is 1. The molecule has 30 heavy (non-hydrogen) atoms. The summed E-state index contributed by atoms with van der Waals surface area (Å²) in [5.74, 6) is 1.38. The Balaban J connectivity index is 1.59. The lowest BCUT2D eigenvalue weighted by Gasteiger charge is -2.35. The second-order valence-electron chi connectivity index (χ2n) is 6.99. The molecule has 3 aromatic rings. The van der Waals surface area contributed by atoms with Gasteiger partial charge < -0.3 is 14.4 Å². The Bertz CT molecular complexity index is 1140. The van der Waals surface area contributed by atoms with Crippen LogP contribution in [0.15, 0.2) is 59.6 Å². The van der Waals surface area contributed by atoms with Gasteiger partial charge in [-0.1, -0.05) is 6.07 Å². The summed E-state index contributed by atoms with van der Waals surface area (Å²) in [7, 11) is -2.01. The summed E-state index contributed by atoms with van der Waals surface area (Å²) < 4.78 is 39.3. The van der Waals surface area contributed by atoms with Crippen molar-refractivity contribution in [1.29, 1.82) is 0 Å². The Morgan fingerprint density at radius 1 is 1.03 bits per heavy atom. The van der Waals surface area contributed by atoms with Crippen LogP contribution in [-0.2, 0) is 10.0 Å². The molecule has 158 valence electrons. The highest BCUT2D eigenvalue weighted by atomic mass is 32.2. The van der Waals surface area contributed by atoms with Crippen LogP contribution in [0.4, 0.5) is 5.69 Å². The van der Waals surface area contributed by atoms with E-state index in [1.54, 1.807) is 41.9 Å². The van der Waals surface area contributed by atoms with Gasteiger partial charge in [-0.05, 0) is 43.3 Å². The van der Waals surface area contributed by atoms with E-state index in [1.807, 2.05) is 31.2 Å². The van der Waals surface area contributed by atoms with Gasteiger partial charge in [0.2, 0.25) is 10.0 Å². The Hall–Kier alpha value is -2.84. The van der Waals surface area contributed by atoms with Crippen LogP contribution in [0, 0.1) is 0 Å². The van der Waals surface area contributed by atoms with E-state index in [2.05, 4.69) is 9.88 Å². The van der Waals surface area contributed by atoms with Gasteiger partial charge in [0, 0.05) is 49.5 Å². The zero-order chi connectivity index (χ0) is 21.1. The monoisotopic (exact) mass is 427 g/mol. The smallest absolute Gasteiger partial charge is 0.243 e. The molecule has 2 aromatic carbocycles. The average molecular weight is 428 g/mol. The standard InChI is InChI=1S/C22H25N3O4S/c1-3-29-20-9-10-21(19-8-5-11-23-22(19)20)30(26,27)25-14-12-24(13-15-25)17-6-4-7-18(16-17)28-2/h4-11,16H,3,12-15H2,1-2H3. The van der Waals surface area contributed by atoms with Crippen molar-refractivity contribution in [2.75, 3.05) is 44.8 Å². The fraction of sp³-hybridized carbons (Fsp3) is 0.318. The fourth-order valence-electron chi connectivity index (χ4n) is 3.75. The third-order valence-corrected chi connectivity index (χ3v) is 7.22. The topological polar surface area (TPSA) is 72.0 Å². The minimum Gasteiger partial charge on any atom is -0.497 e. The molecule has 1 saturated heterocycles. The number of anilines is 1. The number of fused-ring (bicyclic) bond motifs is 1. The van der Waals surface area contributed by atoms with E-state index in [-0.39, 0.29) is 4.90 Å². The molecule has 0 unspecified atom stereocenters. The SMILES string of the molecule is CCOc1ccc(S(=O)(=O)N2CCN(c3cccc(OC)c3)CC2)c2cccnc12. The number of sulfonamides is 1. The Morgan fingerprint density at radius 3 is 2.57 bits per heavy atom. The molecule has 1 aromatic heterocycles. The zero-order valence-corrected chi connectivity index (χ0v) is 17.9. The molecule has 0 aliphatic carbocycles. The molecule has 1 aliphatic heterocycles. The first-order chi connectivity index (χ1) is 14.5. The largest absolute Gasteiger partial charge is 0.497 e. The summed E-state index contributed by atoms with van der Waals surface area (Å²) in [6.07, 6.45) is 1.65. The molecular weight excluding hydrogens is 402 g/mol. The van der Waals surface area contributed by atoms with Gasteiger partial charge in [-0.25, -0.2) is 8.42 Å². The number of hydrogen-bond acceptors (Lipinski definition) is 6. The van der Waals surface area contributed by atoms with E-state index in [0.717, 1.165) is 11.4 Å². The second kappa shape index (κ2) is 8.49. The van der Waals surface area contributed by atoms with Crippen LogP contribution >= 0.6 is 0 Å². The maximum Gasteiger partial charge on any atom is 0.243 e. The molecule has 1 fully saturated rings. The van der Waals surface area contributed by atoms with Gasteiger partial charge in [-0.15, -0.1) is 0 Å². The first-order valence-electron chi connectivity index (χ1n) is 9.94. The van der Waals surface area contributed by atoms with Gasteiger partial charge in [-0.3, -0.25) is 4.98 Å². The van der Waals surface area contributed by atoms with E-state index in [4.69, 9.17) is 9.47 Å². The van der Waals surface area contributed by atoms with Crippen molar-refractivity contribution in [2.24, 2.45) is 0 Å². The molecule has 0 amide bonds. The summed E-state index contributed by atoms with van der Waals surface area (Å²) in [6, 6.07) is 14.7. The van der Waals surface area contributed by atoms with Gasteiger partial charge in [-0.2, -0.15) is 4.31 Å². The number of benzene rings is 2. The number of ether oxygens (including phenoxy) is 2. The first kappa shape index (κ1) is 20.4. The van der Waals surface area contributed by atoms with E-state index < -0.39 is 10.0 Å². The molecule has 0 saturated carbocycles. The van der Waals surface area contributed by atoms with Crippen molar-refractivity contribution in [3.8, 4) is 11.5 Å². The van der Waals surface area contributed by atoms with Crippen LogP contribution in [0.5, 0.6) is 11.5 Å². The lowest BCUT2D eigenvalue weighted by atomic mass is 10.2. The van der Waals surface area contributed by atoms with E-state index >= 15 is 0 Å². The number of piperazine rings is 1. The maximum atomic E-state index is 13.4. The van der Waals surface area contributed by atoms with Crippen molar-refractivity contribution in [2.45, 2.75) is 11.8 Å². The highest BCUT2D eigenvalue weighted by molar-refractivity contribution is 7.89. The summed E-state index contributed by atoms with van der Waals surface area (Å²) >= 11 is 0. The normalized spacial score (nSPS) is 15.3. The van der Waals surface area contributed by atoms with Crippen LogP contribution in [-0.4, -0.2) is 57.6 Å². The molecule has 0 atom stereocenters. The molecule has 2 heterocycles. The van der Waals surface area contributed by atoms with Crippen LogP contribution in [0.2, 0.25) is 0 Å². The predicted molar refractivity (Wildman–Crippen MR) is 117 cm³/mol. The second-order valence-corrected chi connectivity index (χ2v) is 8.89. The minimum atomic E-state index is -3.65. The van der Waals surface area contributed by atoms with Crippen molar-refractivity contribution in [3.05, 3.63) is 54.7 Å². The molecule has 1 aliphatic rings. The van der Waals surface area contributed by atoms with E-state index in [0.29, 0.717) is 49.4 Å². The predicted octanol–water partition coefficient (Wildman–Crippen LogP) is 3.15. The quantitative estimate of drug-likeness (QED) is 0.602. The maximum absolute atomic E-state index is 13.4. The molecule has 8 heteroatoms. The van der Waals surface area contributed by atoms with E-state index in [1.165, 1.54) is 0 Å². The van der Waals surface area contributed by atoms with Crippen LogP contribution in [0.3, 0.4) is 0 Å². The summed E-state index contributed by atoms with van der Waals surface area (Å²) in [5, 5.41) is 0.582. The van der Waals surface area contributed by atoms with Gasteiger partial charge in [0.05, 0.1) is 18.6 Å². The third-order valence-electron chi connectivity index (χ3n) is 5.27. The van der Waals surface area contributed by atoms with Crippen molar-refractivity contribution in [1.82, 2.24) is 9.29 Å². The molecule has 0 N–H and O–H groups in total. The van der Waals surface area contributed by atoms with Gasteiger partial charge in [0.15, 0.2) is 0 Å². The molecule has 0 radical (unpaired) electrons. The van der Waals surface area contributed by atoms with Gasteiger partial charge in [0.1, 0.15) is 17.0 Å². The lowest BCUT2D eigenvalue weighted by Crippen LogP contribution is -2.48. The number of rotatable bonds is 6.